The lowest BCUT2D eigenvalue weighted by Gasteiger charge is -2.09. The molecule has 3 aromatic carbocycles. The molecule has 0 unspecified atom stereocenters. The van der Waals surface area contributed by atoms with Gasteiger partial charge >= 0.3 is 0 Å². The summed E-state index contributed by atoms with van der Waals surface area (Å²) in [6.07, 6.45) is 0. The number of halogens is 1. The van der Waals surface area contributed by atoms with Crippen molar-refractivity contribution in [1.29, 1.82) is 0 Å². The number of ether oxygens (including phenoxy) is 1. The zero-order valence-electron chi connectivity index (χ0n) is 13.8. The highest BCUT2D eigenvalue weighted by Crippen LogP contribution is 2.22. The van der Waals surface area contributed by atoms with Gasteiger partial charge in [0.25, 0.3) is 5.91 Å². The van der Waals surface area contributed by atoms with Crippen LogP contribution in [0.3, 0.4) is 0 Å². The average Bonchev–Trinajstić information content (AvgIpc) is 2.64. The molecule has 25 heavy (non-hydrogen) atoms. The van der Waals surface area contributed by atoms with Crippen LogP contribution < -0.4 is 10.1 Å². The third-order valence-corrected chi connectivity index (χ3v) is 3.79. The highest BCUT2D eigenvalue weighted by Gasteiger charge is 2.06. The van der Waals surface area contributed by atoms with Gasteiger partial charge in [0.2, 0.25) is 0 Å². The Balaban J connectivity index is 1.56. The third kappa shape index (κ3) is 4.44. The molecule has 0 heterocycles. The monoisotopic (exact) mass is 335 g/mol. The predicted octanol–water partition coefficient (Wildman–Crippen LogP) is 4.82. The van der Waals surface area contributed by atoms with E-state index in [-0.39, 0.29) is 18.3 Å². The van der Waals surface area contributed by atoms with Gasteiger partial charge < -0.3 is 10.1 Å². The van der Waals surface area contributed by atoms with Crippen molar-refractivity contribution in [3.63, 3.8) is 0 Å². The summed E-state index contributed by atoms with van der Waals surface area (Å²) in [5.74, 6) is -0.0875. The highest BCUT2D eigenvalue weighted by atomic mass is 19.1. The number of rotatable bonds is 5. The second-order valence-corrected chi connectivity index (χ2v) is 5.69. The zero-order chi connectivity index (χ0) is 17.6. The quantitative estimate of drug-likeness (QED) is 0.726. The maximum Gasteiger partial charge on any atom is 0.262 e. The molecule has 0 radical (unpaired) electrons. The lowest BCUT2D eigenvalue weighted by molar-refractivity contribution is -0.118. The molecule has 4 heteroatoms. The molecule has 0 atom stereocenters. The molecule has 0 saturated heterocycles. The van der Waals surface area contributed by atoms with Crippen molar-refractivity contribution >= 4 is 11.6 Å². The first-order chi connectivity index (χ1) is 12.1. The Morgan fingerprint density at radius 1 is 0.960 bits per heavy atom. The van der Waals surface area contributed by atoms with Gasteiger partial charge in [-0.2, -0.15) is 0 Å². The van der Waals surface area contributed by atoms with Crippen LogP contribution >= 0.6 is 0 Å². The van der Waals surface area contributed by atoms with E-state index in [4.69, 9.17) is 4.74 Å². The van der Waals surface area contributed by atoms with Crippen molar-refractivity contribution in [2.75, 3.05) is 11.9 Å². The predicted molar refractivity (Wildman–Crippen MR) is 97.1 cm³/mol. The minimum absolute atomic E-state index is 0.139. The van der Waals surface area contributed by atoms with Crippen LogP contribution in [0.5, 0.6) is 5.75 Å². The number of carbonyl (C=O) groups is 1. The van der Waals surface area contributed by atoms with E-state index in [1.165, 1.54) is 6.07 Å². The molecule has 0 saturated carbocycles. The SMILES string of the molecule is Cc1ccc(NC(=O)COc2ccc(-c3ccccc3)cc2)cc1F. The van der Waals surface area contributed by atoms with Crippen LogP contribution in [0.4, 0.5) is 10.1 Å². The number of hydrogen-bond acceptors (Lipinski definition) is 2. The van der Waals surface area contributed by atoms with Crippen LogP contribution in [0.2, 0.25) is 0 Å². The summed E-state index contributed by atoms with van der Waals surface area (Å²) in [5, 5.41) is 2.61. The fourth-order valence-corrected chi connectivity index (χ4v) is 2.39. The van der Waals surface area contributed by atoms with Crippen LogP contribution in [0.1, 0.15) is 5.56 Å². The molecule has 126 valence electrons. The molecular weight excluding hydrogens is 317 g/mol. The Hall–Kier alpha value is -3.14. The summed E-state index contributed by atoms with van der Waals surface area (Å²) in [4.78, 5) is 11.9. The van der Waals surface area contributed by atoms with Gasteiger partial charge in [0, 0.05) is 5.69 Å². The Kier molecular flexibility index (Phi) is 5.09. The Morgan fingerprint density at radius 3 is 2.32 bits per heavy atom. The number of anilines is 1. The average molecular weight is 335 g/mol. The van der Waals surface area contributed by atoms with E-state index in [2.05, 4.69) is 5.32 Å². The molecule has 0 aromatic heterocycles. The maximum atomic E-state index is 13.5. The Morgan fingerprint density at radius 2 is 1.64 bits per heavy atom. The Labute approximate surface area is 146 Å². The highest BCUT2D eigenvalue weighted by molar-refractivity contribution is 5.91. The molecule has 3 nitrogen and oxygen atoms in total. The summed E-state index contributed by atoms with van der Waals surface area (Å²) >= 11 is 0. The summed E-state index contributed by atoms with van der Waals surface area (Å²) in [5.41, 5.74) is 3.14. The van der Waals surface area contributed by atoms with E-state index >= 15 is 0 Å². The first-order valence-corrected chi connectivity index (χ1v) is 7.96. The third-order valence-electron chi connectivity index (χ3n) is 3.79. The van der Waals surface area contributed by atoms with Crippen LogP contribution in [-0.4, -0.2) is 12.5 Å². The lowest BCUT2D eigenvalue weighted by Crippen LogP contribution is -2.20. The number of amides is 1. The van der Waals surface area contributed by atoms with Crippen molar-refractivity contribution in [2.45, 2.75) is 6.92 Å². The van der Waals surface area contributed by atoms with Gasteiger partial charge in [-0.3, -0.25) is 4.79 Å². The van der Waals surface area contributed by atoms with Crippen LogP contribution in [0, 0.1) is 12.7 Å². The molecule has 0 bridgehead atoms. The van der Waals surface area contributed by atoms with Crippen molar-refractivity contribution in [1.82, 2.24) is 0 Å². The van der Waals surface area contributed by atoms with E-state index in [0.29, 0.717) is 17.0 Å². The van der Waals surface area contributed by atoms with E-state index < -0.39 is 0 Å². The van der Waals surface area contributed by atoms with Crippen molar-refractivity contribution in [2.24, 2.45) is 0 Å². The molecule has 0 aliphatic heterocycles. The van der Waals surface area contributed by atoms with Gasteiger partial charge in [0.05, 0.1) is 0 Å². The van der Waals surface area contributed by atoms with Gasteiger partial charge in [-0.25, -0.2) is 4.39 Å². The maximum absolute atomic E-state index is 13.5. The smallest absolute Gasteiger partial charge is 0.262 e. The van der Waals surface area contributed by atoms with Crippen LogP contribution in [0.25, 0.3) is 11.1 Å². The second-order valence-electron chi connectivity index (χ2n) is 5.69. The standard InChI is InChI=1S/C21H18FNO2/c1-15-7-10-18(13-20(15)22)23-21(24)14-25-19-11-8-17(9-12-19)16-5-3-2-4-6-16/h2-13H,14H2,1H3,(H,23,24). The summed E-state index contributed by atoms with van der Waals surface area (Å²) in [6.45, 7) is 1.53. The van der Waals surface area contributed by atoms with Crippen molar-refractivity contribution in [3.05, 3.63) is 84.2 Å². The first kappa shape index (κ1) is 16.7. The van der Waals surface area contributed by atoms with Crippen molar-refractivity contribution < 1.29 is 13.9 Å². The molecule has 3 rings (SSSR count). The molecule has 1 amide bonds. The number of hydrogen-bond donors (Lipinski definition) is 1. The van der Waals surface area contributed by atoms with Crippen molar-refractivity contribution in [3.8, 4) is 16.9 Å². The Bertz CT molecular complexity index is 861. The minimum atomic E-state index is -0.352. The van der Waals surface area contributed by atoms with Gasteiger partial charge in [-0.15, -0.1) is 0 Å². The van der Waals surface area contributed by atoms with Gasteiger partial charge in [0.15, 0.2) is 6.61 Å². The molecule has 0 aliphatic carbocycles. The minimum Gasteiger partial charge on any atom is -0.484 e. The fraction of sp³-hybridized carbons (Fsp3) is 0.0952. The van der Waals surface area contributed by atoms with E-state index in [1.54, 1.807) is 19.1 Å². The number of aryl methyl sites for hydroxylation is 1. The van der Waals surface area contributed by atoms with E-state index in [1.807, 2.05) is 54.6 Å². The van der Waals surface area contributed by atoms with Gasteiger partial charge in [-0.1, -0.05) is 48.5 Å². The normalized spacial score (nSPS) is 10.3. The molecule has 0 aliphatic rings. The summed E-state index contributed by atoms with van der Waals surface area (Å²) < 4.78 is 19.0. The fourth-order valence-electron chi connectivity index (χ4n) is 2.39. The van der Waals surface area contributed by atoms with E-state index in [0.717, 1.165) is 11.1 Å². The van der Waals surface area contributed by atoms with Gasteiger partial charge in [-0.05, 0) is 47.9 Å². The molecule has 1 N–H and O–H groups in total. The van der Waals surface area contributed by atoms with Gasteiger partial charge in [0.1, 0.15) is 11.6 Å². The number of benzene rings is 3. The lowest BCUT2D eigenvalue weighted by atomic mass is 10.1. The molecular formula is C21H18FNO2. The molecule has 3 aromatic rings. The number of carbonyl (C=O) groups excluding carboxylic acids is 1. The van der Waals surface area contributed by atoms with Crippen LogP contribution in [0.15, 0.2) is 72.8 Å². The molecule has 0 fully saturated rings. The first-order valence-electron chi connectivity index (χ1n) is 7.96. The summed E-state index contributed by atoms with van der Waals surface area (Å²) in [7, 11) is 0. The zero-order valence-corrected chi connectivity index (χ0v) is 13.8. The number of nitrogens with one attached hydrogen (secondary N) is 1. The molecule has 0 spiro atoms. The second kappa shape index (κ2) is 7.62. The largest absolute Gasteiger partial charge is 0.484 e. The van der Waals surface area contributed by atoms with Crippen LogP contribution in [-0.2, 0) is 4.79 Å². The topological polar surface area (TPSA) is 38.3 Å². The summed E-state index contributed by atoms with van der Waals surface area (Å²) in [6, 6.07) is 22.1. The van der Waals surface area contributed by atoms with E-state index in [9.17, 15) is 9.18 Å².